The molecule has 116 valence electrons. The Morgan fingerprint density at radius 3 is 2.50 bits per heavy atom. The van der Waals surface area contributed by atoms with Crippen LogP contribution in [0.3, 0.4) is 0 Å². The van der Waals surface area contributed by atoms with Gasteiger partial charge in [0.15, 0.2) is 5.78 Å². The van der Waals surface area contributed by atoms with Crippen LogP contribution in [0, 0.1) is 0 Å². The highest BCUT2D eigenvalue weighted by molar-refractivity contribution is 5.95. The lowest BCUT2D eigenvalue weighted by Gasteiger charge is -2.23. The second kappa shape index (κ2) is 6.30. The third-order valence-corrected chi connectivity index (χ3v) is 4.19. The molecule has 1 aromatic heterocycles. The Labute approximate surface area is 132 Å². The molecule has 0 fully saturated rings. The van der Waals surface area contributed by atoms with E-state index in [0.29, 0.717) is 5.56 Å². The summed E-state index contributed by atoms with van der Waals surface area (Å²) in [6, 6.07) is 11.5. The van der Waals surface area contributed by atoms with Gasteiger partial charge in [-0.15, -0.1) is 0 Å². The Morgan fingerprint density at radius 1 is 1.23 bits per heavy atom. The van der Waals surface area contributed by atoms with E-state index in [9.17, 15) is 4.79 Å². The smallest absolute Gasteiger partial charge is 0.159 e. The normalized spacial score (nSPS) is 11.3. The first-order valence-electron chi connectivity index (χ1n) is 7.56. The molecular formula is C19H23NO2. The minimum absolute atomic E-state index is 0.0479. The first-order valence-corrected chi connectivity index (χ1v) is 7.56. The molecule has 2 aromatic rings. The highest BCUT2D eigenvalue weighted by Gasteiger charge is 2.22. The molecule has 0 aliphatic rings. The molecule has 0 atom stereocenters. The number of hydrogen-bond acceptors (Lipinski definition) is 3. The average Bonchev–Trinajstić information content (AvgIpc) is 2.54. The topological polar surface area (TPSA) is 39.2 Å². The van der Waals surface area contributed by atoms with Crippen LogP contribution in [0.5, 0.6) is 5.75 Å². The van der Waals surface area contributed by atoms with E-state index in [1.807, 2.05) is 36.4 Å². The molecule has 0 saturated carbocycles. The number of para-hydroxylation sites is 1. The van der Waals surface area contributed by atoms with E-state index < -0.39 is 0 Å². The van der Waals surface area contributed by atoms with Crippen LogP contribution in [-0.4, -0.2) is 17.9 Å². The Bertz CT molecular complexity index is 690. The van der Waals surface area contributed by atoms with Gasteiger partial charge in [-0.1, -0.05) is 32.9 Å². The molecule has 1 heterocycles. The largest absolute Gasteiger partial charge is 0.496 e. The van der Waals surface area contributed by atoms with Crippen LogP contribution in [0.1, 0.15) is 50.2 Å². The number of ketones is 1. The van der Waals surface area contributed by atoms with Crippen molar-refractivity contribution in [1.29, 1.82) is 0 Å². The Hall–Kier alpha value is -2.16. The molecule has 0 aliphatic heterocycles. The summed E-state index contributed by atoms with van der Waals surface area (Å²) >= 11 is 0. The van der Waals surface area contributed by atoms with Gasteiger partial charge >= 0.3 is 0 Å². The van der Waals surface area contributed by atoms with Crippen LogP contribution in [0.25, 0.3) is 11.3 Å². The summed E-state index contributed by atoms with van der Waals surface area (Å²) in [5.74, 6) is 0.808. The number of aromatic nitrogens is 1. The molecule has 0 N–H and O–H groups in total. The van der Waals surface area contributed by atoms with Crippen molar-refractivity contribution < 1.29 is 9.53 Å². The zero-order valence-corrected chi connectivity index (χ0v) is 13.9. The summed E-state index contributed by atoms with van der Waals surface area (Å²) in [7, 11) is 1.64. The number of pyridine rings is 1. The van der Waals surface area contributed by atoms with Crippen LogP contribution >= 0.6 is 0 Å². The molecule has 3 heteroatoms. The van der Waals surface area contributed by atoms with Gasteiger partial charge in [0, 0.05) is 22.2 Å². The molecule has 0 radical (unpaired) electrons. The highest BCUT2D eigenvalue weighted by Crippen LogP contribution is 2.32. The predicted octanol–water partition coefficient (Wildman–Crippen LogP) is 4.65. The van der Waals surface area contributed by atoms with E-state index >= 15 is 0 Å². The van der Waals surface area contributed by atoms with E-state index in [1.165, 1.54) is 0 Å². The van der Waals surface area contributed by atoms with Gasteiger partial charge in [0.05, 0.1) is 12.8 Å². The van der Waals surface area contributed by atoms with Crippen LogP contribution in [0.15, 0.2) is 36.4 Å². The molecule has 0 unspecified atom stereocenters. The van der Waals surface area contributed by atoms with E-state index in [2.05, 4.69) is 20.8 Å². The Balaban J connectivity index is 2.68. The van der Waals surface area contributed by atoms with Gasteiger partial charge in [0.1, 0.15) is 5.75 Å². The lowest BCUT2D eigenvalue weighted by atomic mass is 9.85. The maximum atomic E-state index is 11.9. The fraction of sp³-hybridized carbons (Fsp3) is 0.368. The summed E-state index contributed by atoms with van der Waals surface area (Å²) < 4.78 is 5.43. The first kappa shape index (κ1) is 16.2. The summed E-state index contributed by atoms with van der Waals surface area (Å²) in [5.41, 5.74) is 3.22. The third-order valence-electron chi connectivity index (χ3n) is 4.19. The number of methoxy groups -OCH3 is 1. The number of nitrogens with zero attached hydrogens (tertiary/aromatic N) is 1. The number of benzene rings is 1. The average molecular weight is 297 g/mol. The molecule has 0 saturated heterocycles. The summed E-state index contributed by atoms with van der Waals surface area (Å²) in [6.45, 7) is 8.01. The third kappa shape index (κ3) is 3.19. The number of carbonyl (C=O) groups is 1. The molecular weight excluding hydrogens is 274 g/mol. The van der Waals surface area contributed by atoms with Crippen LogP contribution in [0.4, 0.5) is 0 Å². The van der Waals surface area contributed by atoms with E-state index in [1.54, 1.807) is 14.0 Å². The molecule has 2 rings (SSSR count). The Kier molecular flexibility index (Phi) is 4.65. The van der Waals surface area contributed by atoms with Crippen molar-refractivity contribution in [2.24, 2.45) is 0 Å². The molecule has 0 aliphatic carbocycles. The van der Waals surface area contributed by atoms with Gasteiger partial charge in [-0.05, 0) is 37.6 Å². The maximum absolute atomic E-state index is 11.9. The molecule has 0 spiro atoms. The molecule has 0 bridgehead atoms. The number of hydrogen-bond donors (Lipinski definition) is 0. The van der Waals surface area contributed by atoms with Crippen molar-refractivity contribution in [3.05, 3.63) is 47.7 Å². The van der Waals surface area contributed by atoms with Crippen molar-refractivity contribution in [3.8, 4) is 17.0 Å². The van der Waals surface area contributed by atoms with Crippen molar-refractivity contribution in [2.45, 2.75) is 39.5 Å². The molecule has 1 aromatic carbocycles. The van der Waals surface area contributed by atoms with Gasteiger partial charge in [-0.2, -0.15) is 0 Å². The number of Topliss-reactive ketones (excluding diaryl/α,β-unsaturated/α-hetero) is 1. The summed E-state index contributed by atoms with van der Waals surface area (Å²) in [6.07, 6.45) is 0.951. The van der Waals surface area contributed by atoms with Crippen LogP contribution in [-0.2, 0) is 5.41 Å². The number of ether oxygens (including phenoxy) is 1. The predicted molar refractivity (Wildman–Crippen MR) is 89.5 cm³/mol. The summed E-state index contributed by atoms with van der Waals surface area (Å²) in [5, 5.41) is 0. The standard InChI is InChI=1S/C19H23NO2/c1-6-19(3,4)18-12-14(13(2)21)11-16(20-18)15-9-7-8-10-17(15)22-5/h7-12H,6H2,1-5H3. The van der Waals surface area contributed by atoms with Gasteiger partial charge in [-0.3, -0.25) is 9.78 Å². The van der Waals surface area contributed by atoms with E-state index in [-0.39, 0.29) is 11.2 Å². The number of carbonyl (C=O) groups excluding carboxylic acids is 1. The fourth-order valence-electron chi connectivity index (χ4n) is 2.26. The monoisotopic (exact) mass is 297 g/mol. The van der Waals surface area contributed by atoms with Crippen molar-refractivity contribution in [2.75, 3.05) is 7.11 Å². The molecule has 0 amide bonds. The summed E-state index contributed by atoms with van der Waals surface area (Å²) in [4.78, 5) is 16.7. The zero-order chi connectivity index (χ0) is 16.3. The highest BCUT2D eigenvalue weighted by atomic mass is 16.5. The van der Waals surface area contributed by atoms with Crippen molar-refractivity contribution in [3.63, 3.8) is 0 Å². The molecule has 3 nitrogen and oxygen atoms in total. The van der Waals surface area contributed by atoms with Gasteiger partial charge < -0.3 is 4.74 Å². The maximum Gasteiger partial charge on any atom is 0.159 e. The van der Waals surface area contributed by atoms with E-state index in [0.717, 1.165) is 29.1 Å². The minimum atomic E-state index is -0.0811. The fourth-order valence-corrected chi connectivity index (χ4v) is 2.26. The van der Waals surface area contributed by atoms with Gasteiger partial charge in [0.25, 0.3) is 0 Å². The van der Waals surface area contributed by atoms with Crippen LogP contribution < -0.4 is 4.74 Å². The lowest BCUT2D eigenvalue weighted by molar-refractivity contribution is 0.101. The van der Waals surface area contributed by atoms with E-state index in [4.69, 9.17) is 9.72 Å². The second-order valence-electron chi connectivity index (χ2n) is 6.12. The zero-order valence-electron chi connectivity index (χ0n) is 13.9. The minimum Gasteiger partial charge on any atom is -0.496 e. The first-order chi connectivity index (χ1) is 10.4. The number of rotatable bonds is 5. The van der Waals surface area contributed by atoms with Crippen molar-refractivity contribution in [1.82, 2.24) is 4.98 Å². The van der Waals surface area contributed by atoms with Gasteiger partial charge in [0.2, 0.25) is 0 Å². The molecule has 22 heavy (non-hydrogen) atoms. The quantitative estimate of drug-likeness (QED) is 0.754. The van der Waals surface area contributed by atoms with Crippen LogP contribution in [0.2, 0.25) is 0 Å². The SMILES string of the molecule is CCC(C)(C)c1cc(C(C)=O)cc(-c2ccccc2OC)n1. The van der Waals surface area contributed by atoms with Gasteiger partial charge in [-0.25, -0.2) is 0 Å². The second-order valence-corrected chi connectivity index (χ2v) is 6.12. The van der Waals surface area contributed by atoms with Crippen molar-refractivity contribution >= 4 is 5.78 Å². The Morgan fingerprint density at radius 2 is 1.91 bits per heavy atom. The lowest BCUT2D eigenvalue weighted by Crippen LogP contribution is -2.18.